The maximum absolute atomic E-state index is 14.0. The number of rotatable bonds is 17. The molecule has 4 atom stereocenters. The van der Waals surface area contributed by atoms with E-state index < -0.39 is 73.4 Å². The molecular formula is C48H38O12. The van der Waals surface area contributed by atoms with Gasteiger partial charge in [0.1, 0.15) is 13.2 Å². The van der Waals surface area contributed by atoms with Gasteiger partial charge in [0.25, 0.3) is 0 Å². The Hall–Kier alpha value is -7.86. The fraction of sp³-hybridized carbons (Fsp3) is 0.125. The highest BCUT2D eigenvalue weighted by Crippen LogP contribution is 2.25. The van der Waals surface area contributed by atoms with Crippen molar-refractivity contribution >= 4 is 35.8 Å². The number of carbonyl (C=O) groups excluding carboxylic acids is 6. The molecule has 0 saturated heterocycles. The summed E-state index contributed by atoms with van der Waals surface area (Å²) in [5, 5.41) is 0. The molecule has 0 aliphatic rings. The molecule has 0 spiro atoms. The van der Waals surface area contributed by atoms with Crippen LogP contribution in [0.25, 0.3) is 0 Å². The summed E-state index contributed by atoms with van der Waals surface area (Å²) in [6.45, 7) is -1.52. The summed E-state index contributed by atoms with van der Waals surface area (Å²) in [4.78, 5) is 82.5. The first kappa shape index (κ1) is 41.8. The first-order chi connectivity index (χ1) is 29.3. The van der Waals surface area contributed by atoms with Crippen molar-refractivity contribution in [1.29, 1.82) is 0 Å². The highest BCUT2D eigenvalue weighted by atomic mass is 16.6. The van der Waals surface area contributed by atoms with Crippen LogP contribution in [0.1, 0.15) is 62.1 Å². The van der Waals surface area contributed by atoms with Crippen LogP contribution < -0.4 is 0 Å². The Morgan fingerprint density at radius 3 is 0.717 bits per heavy atom. The molecular weight excluding hydrogens is 769 g/mol. The lowest BCUT2D eigenvalue weighted by molar-refractivity contribution is -0.138. The SMILES string of the molecule is O=C(OC[C@H](OC(=O)c1ccccc1)[C@H](OC(=O)c1ccccc1)[C@H](OC(=O)c1ccccc1)[C@@H](COC(=O)c1ccccc1)OC(=O)c1ccccc1)c1ccccc1. The van der Waals surface area contributed by atoms with E-state index in [-0.39, 0.29) is 33.4 Å². The Kier molecular flexibility index (Phi) is 14.7. The molecule has 6 rings (SSSR count). The van der Waals surface area contributed by atoms with Crippen LogP contribution in [0, 0.1) is 0 Å². The van der Waals surface area contributed by atoms with E-state index in [0.29, 0.717) is 0 Å². The Bertz CT molecular complexity index is 2170. The molecule has 12 heteroatoms. The first-order valence-electron chi connectivity index (χ1n) is 18.8. The number of carbonyl (C=O) groups is 6. The molecule has 0 N–H and O–H groups in total. The van der Waals surface area contributed by atoms with Gasteiger partial charge in [0.05, 0.1) is 33.4 Å². The normalized spacial score (nSPS) is 12.6. The van der Waals surface area contributed by atoms with Gasteiger partial charge in [0.2, 0.25) is 0 Å². The first-order valence-corrected chi connectivity index (χ1v) is 18.8. The number of esters is 6. The second-order valence-corrected chi connectivity index (χ2v) is 13.0. The van der Waals surface area contributed by atoms with E-state index in [1.807, 2.05) is 0 Å². The van der Waals surface area contributed by atoms with Crippen LogP contribution in [-0.2, 0) is 28.4 Å². The fourth-order valence-corrected chi connectivity index (χ4v) is 5.82. The van der Waals surface area contributed by atoms with E-state index in [1.54, 1.807) is 109 Å². The smallest absolute Gasteiger partial charge is 0.338 e. The lowest BCUT2D eigenvalue weighted by Gasteiger charge is -2.35. The van der Waals surface area contributed by atoms with Crippen molar-refractivity contribution in [3.63, 3.8) is 0 Å². The molecule has 0 fully saturated rings. The minimum Gasteiger partial charge on any atom is -0.458 e. The Morgan fingerprint density at radius 1 is 0.283 bits per heavy atom. The number of hydrogen-bond acceptors (Lipinski definition) is 12. The van der Waals surface area contributed by atoms with E-state index in [0.717, 1.165) is 0 Å². The largest absolute Gasteiger partial charge is 0.458 e. The van der Waals surface area contributed by atoms with Crippen molar-refractivity contribution in [2.45, 2.75) is 24.4 Å². The van der Waals surface area contributed by atoms with Crippen molar-refractivity contribution in [2.75, 3.05) is 13.2 Å². The summed E-state index contributed by atoms with van der Waals surface area (Å²) < 4.78 is 35.6. The van der Waals surface area contributed by atoms with Gasteiger partial charge in [-0.3, -0.25) is 0 Å². The van der Waals surface area contributed by atoms with Gasteiger partial charge < -0.3 is 28.4 Å². The predicted molar refractivity (Wildman–Crippen MR) is 216 cm³/mol. The molecule has 0 aliphatic carbocycles. The van der Waals surface area contributed by atoms with E-state index in [9.17, 15) is 28.8 Å². The van der Waals surface area contributed by atoms with Crippen LogP contribution in [-0.4, -0.2) is 73.4 Å². The molecule has 302 valence electrons. The zero-order chi connectivity index (χ0) is 42.1. The molecule has 0 aliphatic heterocycles. The summed E-state index contributed by atoms with van der Waals surface area (Å²) in [5.41, 5.74) is 0.534. The van der Waals surface area contributed by atoms with Crippen molar-refractivity contribution in [2.24, 2.45) is 0 Å². The molecule has 6 aromatic rings. The van der Waals surface area contributed by atoms with Crippen LogP contribution >= 0.6 is 0 Å². The van der Waals surface area contributed by atoms with Gasteiger partial charge >= 0.3 is 35.8 Å². The van der Waals surface area contributed by atoms with Gasteiger partial charge in [-0.25, -0.2) is 28.8 Å². The highest BCUT2D eigenvalue weighted by Gasteiger charge is 2.46. The number of ether oxygens (including phenoxy) is 6. The second-order valence-electron chi connectivity index (χ2n) is 13.0. The lowest BCUT2D eigenvalue weighted by Crippen LogP contribution is -2.54. The number of hydrogen-bond donors (Lipinski definition) is 0. The van der Waals surface area contributed by atoms with Gasteiger partial charge in [-0.1, -0.05) is 109 Å². The van der Waals surface area contributed by atoms with E-state index in [2.05, 4.69) is 0 Å². The molecule has 0 heterocycles. The van der Waals surface area contributed by atoms with E-state index in [1.165, 1.54) is 72.8 Å². The molecule has 0 radical (unpaired) electrons. The molecule has 0 amide bonds. The maximum atomic E-state index is 14.0. The fourth-order valence-electron chi connectivity index (χ4n) is 5.82. The quantitative estimate of drug-likeness (QED) is 0.0658. The summed E-state index contributed by atoms with van der Waals surface area (Å²) in [6.07, 6.45) is -7.33. The molecule has 6 aromatic carbocycles. The maximum Gasteiger partial charge on any atom is 0.338 e. The van der Waals surface area contributed by atoms with Gasteiger partial charge in [-0.15, -0.1) is 0 Å². The van der Waals surface area contributed by atoms with E-state index in [4.69, 9.17) is 28.4 Å². The number of benzene rings is 6. The minimum atomic E-state index is -1.91. The van der Waals surface area contributed by atoms with Crippen molar-refractivity contribution in [1.82, 2.24) is 0 Å². The van der Waals surface area contributed by atoms with Gasteiger partial charge in [0.15, 0.2) is 24.4 Å². The topological polar surface area (TPSA) is 158 Å². The van der Waals surface area contributed by atoms with Gasteiger partial charge in [0, 0.05) is 0 Å². The minimum absolute atomic E-state index is 0.0402. The van der Waals surface area contributed by atoms with Crippen molar-refractivity contribution in [3.8, 4) is 0 Å². The summed E-state index contributed by atoms with van der Waals surface area (Å²) in [7, 11) is 0. The van der Waals surface area contributed by atoms with Crippen LogP contribution in [0.2, 0.25) is 0 Å². The zero-order valence-corrected chi connectivity index (χ0v) is 31.9. The zero-order valence-electron chi connectivity index (χ0n) is 31.9. The molecule has 12 nitrogen and oxygen atoms in total. The van der Waals surface area contributed by atoms with Crippen LogP contribution in [0.5, 0.6) is 0 Å². The summed E-state index contributed by atoms with van der Waals surface area (Å²) >= 11 is 0. The third-order valence-corrected chi connectivity index (χ3v) is 8.87. The Labute approximate surface area is 345 Å². The molecule has 0 aromatic heterocycles. The predicted octanol–water partition coefficient (Wildman–Crippen LogP) is 7.60. The summed E-state index contributed by atoms with van der Waals surface area (Å²) in [6, 6.07) is 47.1. The molecule has 60 heavy (non-hydrogen) atoms. The van der Waals surface area contributed by atoms with Crippen molar-refractivity contribution < 1.29 is 57.2 Å². The third-order valence-electron chi connectivity index (χ3n) is 8.87. The standard InChI is InChI=1S/C48H38O12/c49-43(33-19-7-1-8-20-33)55-31-39(57-45(51)35-23-11-3-12-24-35)41(59-47(53)37-27-15-5-16-28-37)42(60-48(54)38-29-17-6-18-30-38)40(58-46(52)36-25-13-4-14-26-36)32-56-44(50)34-21-9-2-10-22-34/h1-30,39-42H,31-32H2/t39-,40+,41-,42+. The van der Waals surface area contributed by atoms with Crippen LogP contribution in [0.15, 0.2) is 182 Å². The Balaban J connectivity index is 1.48. The molecule has 0 unspecified atom stereocenters. The van der Waals surface area contributed by atoms with E-state index >= 15 is 0 Å². The van der Waals surface area contributed by atoms with Gasteiger partial charge in [-0.2, -0.15) is 0 Å². The molecule has 0 bridgehead atoms. The van der Waals surface area contributed by atoms with Crippen LogP contribution in [0.4, 0.5) is 0 Å². The highest BCUT2D eigenvalue weighted by molar-refractivity contribution is 5.93. The average Bonchev–Trinajstić information content (AvgIpc) is 3.31. The third kappa shape index (κ3) is 11.6. The van der Waals surface area contributed by atoms with Crippen LogP contribution in [0.3, 0.4) is 0 Å². The average molecular weight is 807 g/mol. The van der Waals surface area contributed by atoms with Crippen molar-refractivity contribution in [3.05, 3.63) is 215 Å². The van der Waals surface area contributed by atoms with Gasteiger partial charge in [-0.05, 0) is 72.8 Å². The monoisotopic (exact) mass is 806 g/mol. The summed E-state index contributed by atoms with van der Waals surface area (Å²) in [5.74, 6) is -5.48. The second kappa shape index (κ2) is 21.1. The lowest BCUT2D eigenvalue weighted by atomic mass is 10.0. The molecule has 0 saturated carbocycles. The Morgan fingerprint density at radius 2 is 0.483 bits per heavy atom.